The molecule has 348 valence electrons. The Hall–Kier alpha value is -3.59. The van der Waals surface area contributed by atoms with Crippen molar-refractivity contribution in [1.82, 2.24) is 19.4 Å². The van der Waals surface area contributed by atoms with Gasteiger partial charge in [0.05, 0.1) is 16.5 Å². The van der Waals surface area contributed by atoms with E-state index < -0.39 is 26.8 Å². The van der Waals surface area contributed by atoms with E-state index in [1.807, 2.05) is 62.6 Å². The molecular formula is C50H68ClN5O6S2. The van der Waals surface area contributed by atoms with Crippen molar-refractivity contribution in [2.24, 2.45) is 17.8 Å². The zero-order valence-corrected chi connectivity index (χ0v) is 40.6. The standard InChI is InChI=1S/C50H68ClN5O6S2/c1-6-12-36(2)37(3)64(59,60)52-49(58)39-18-21-47-46(30-39)55(23-11-10-13-38-29-42(51)19-16-41(38)34-62-47)31-40-17-20-45(40)50(4,61-5)35-53-24-25-54-26-27-56(33-43(54)32-53)48(57)22-28-63-44-14-8-7-9-15-44/h6-9,14-16,18-19,21,29-30,36-37,40,43,45H,1,10-13,17,20,22-28,31-35H2,2-5H3,(H,52,58)/t36-,37+,40-,43-,45+,50+/m0/s1. The van der Waals surface area contributed by atoms with Crippen LogP contribution in [0.3, 0.4) is 0 Å². The van der Waals surface area contributed by atoms with Crippen LogP contribution in [0.5, 0.6) is 5.75 Å². The van der Waals surface area contributed by atoms with Gasteiger partial charge in [0.25, 0.3) is 5.91 Å². The minimum absolute atomic E-state index is 0.206. The lowest BCUT2D eigenvalue weighted by molar-refractivity contribution is -0.137. The van der Waals surface area contributed by atoms with Gasteiger partial charge in [-0.25, -0.2) is 13.1 Å². The van der Waals surface area contributed by atoms with E-state index in [1.165, 1.54) is 10.5 Å². The Kier molecular flexibility index (Phi) is 16.5. The van der Waals surface area contributed by atoms with E-state index in [0.717, 1.165) is 108 Å². The third-order valence-electron chi connectivity index (χ3n) is 14.4. The second-order valence-electron chi connectivity index (χ2n) is 18.6. The average molecular weight is 935 g/mol. The van der Waals surface area contributed by atoms with Crippen LogP contribution in [-0.4, -0.2) is 124 Å². The van der Waals surface area contributed by atoms with E-state index in [-0.39, 0.29) is 17.4 Å². The first-order valence-electron chi connectivity index (χ1n) is 23.2. The molecule has 1 aliphatic carbocycles. The van der Waals surface area contributed by atoms with E-state index in [9.17, 15) is 18.0 Å². The Morgan fingerprint density at radius 1 is 1.00 bits per heavy atom. The lowest BCUT2D eigenvalue weighted by Crippen LogP contribution is -2.65. The van der Waals surface area contributed by atoms with Crippen LogP contribution >= 0.6 is 23.4 Å². The van der Waals surface area contributed by atoms with Crippen molar-refractivity contribution >= 4 is 50.9 Å². The summed E-state index contributed by atoms with van der Waals surface area (Å²) in [7, 11) is -2.10. The molecule has 11 nitrogen and oxygen atoms in total. The molecule has 3 fully saturated rings. The Morgan fingerprint density at radius 2 is 1.80 bits per heavy atom. The predicted octanol–water partition coefficient (Wildman–Crippen LogP) is 8.16. The highest BCUT2D eigenvalue weighted by molar-refractivity contribution is 7.99. The number of fused-ring (bicyclic) bond motifs is 3. The number of anilines is 1. The highest BCUT2D eigenvalue weighted by atomic mass is 35.5. The lowest BCUT2D eigenvalue weighted by Gasteiger charge is -2.53. The monoisotopic (exact) mass is 933 g/mol. The molecule has 1 saturated carbocycles. The van der Waals surface area contributed by atoms with Gasteiger partial charge >= 0.3 is 0 Å². The first-order chi connectivity index (χ1) is 30.8. The summed E-state index contributed by atoms with van der Waals surface area (Å²) in [6, 6.07) is 21.8. The van der Waals surface area contributed by atoms with Crippen LogP contribution in [0, 0.1) is 17.8 Å². The number of nitrogens with one attached hydrogen (secondary N) is 1. The fourth-order valence-electron chi connectivity index (χ4n) is 10.1. The number of nitrogens with zero attached hydrogens (tertiary/aromatic N) is 4. The molecule has 3 aromatic rings. The molecule has 3 aliphatic heterocycles. The fraction of sp³-hybridized carbons (Fsp3) is 0.560. The molecule has 2 amide bonds. The number of amides is 2. The van der Waals surface area contributed by atoms with Crippen LogP contribution in [0.1, 0.15) is 80.8 Å². The summed E-state index contributed by atoms with van der Waals surface area (Å²) in [5.74, 6) is 1.43. The number of aryl methyl sites for hydroxylation is 1. The van der Waals surface area contributed by atoms with E-state index in [0.29, 0.717) is 48.1 Å². The molecular weight excluding hydrogens is 866 g/mol. The molecule has 0 aromatic heterocycles. The van der Waals surface area contributed by atoms with Gasteiger partial charge in [-0.05, 0) is 124 Å². The van der Waals surface area contributed by atoms with Crippen molar-refractivity contribution in [2.75, 3.05) is 76.7 Å². The molecule has 0 unspecified atom stereocenters. The van der Waals surface area contributed by atoms with Gasteiger partial charge in [0, 0.05) is 99.7 Å². The van der Waals surface area contributed by atoms with Gasteiger partial charge in [-0.3, -0.25) is 19.4 Å². The molecule has 3 aromatic carbocycles. The number of sulfonamides is 1. The van der Waals surface area contributed by atoms with Gasteiger partial charge in [0.1, 0.15) is 12.4 Å². The van der Waals surface area contributed by atoms with Gasteiger partial charge in [0.2, 0.25) is 15.9 Å². The molecule has 6 atom stereocenters. The van der Waals surface area contributed by atoms with Crippen molar-refractivity contribution in [3.63, 3.8) is 0 Å². The van der Waals surface area contributed by atoms with Crippen molar-refractivity contribution in [1.29, 1.82) is 0 Å². The molecule has 7 rings (SSSR count). The molecule has 3 heterocycles. The Bertz CT molecular complexity index is 2200. The number of hydrogen-bond acceptors (Lipinski definition) is 10. The minimum Gasteiger partial charge on any atom is -0.487 e. The van der Waals surface area contributed by atoms with E-state index in [4.69, 9.17) is 21.1 Å². The number of allylic oxidation sites excluding steroid dienone is 1. The normalized spacial score (nSPS) is 22.8. The Balaban J connectivity index is 1.05. The molecule has 4 aliphatic rings. The van der Waals surface area contributed by atoms with Crippen LogP contribution in [0.15, 0.2) is 84.3 Å². The predicted molar refractivity (Wildman–Crippen MR) is 259 cm³/mol. The first kappa shape index (κ1) is 48.3. The number of ether oxygens (including phenoxy) is 2. The number of thioether (sulfide) groups is 1. The Labute approximate surface area is 391 Å². The summed E-state index contributed by atoms with van der Waals surface area (Å²) >= 11 is 8.18. The molecule has 0 spiro atoms. The van der Waals surface area contributed by atoms with Gasteiger partial charge in [-0.15, -0.1) is 18.3 Å². The quantitative estimate of drug-likeness (QED) is 0.112. The first-order valence-corrected chi connectivity index (χ1v) is 26.1. The van der Waals surface area contributed by atoms with Crippen LogP contribution < -0.4 is 14.4 Å². The van der Waals surface area contributed by atoms with Gasteiger partial charge < -0.3 is 19.3 Å². The number of benzene rings is 3. The molecule has 2 saturated heterocycles. The van der Waals surface area contributed by atoms with Gasteiger partial charge in [0.15, 0.2) is 0 Å². The smallest absolute Gasteiger partial charge is 0.264 e. The lowest BCUT2D eigenvalue weighted by atomic mass is 9.64. The second-order valence-corrected chi connectivity index (χ2v) is 22.2. The van der Waals surface area contributed by atoms with E-state index in [1.54, 1.807) is 30.8 Å². The number of carbonyl (C=O) groups excluding carboxylic acids is 2. The van der Waals surface area contributed by atoms with Gasteiger partial charge in [-0.1, -0.05) is 48.9 Å². The highest BCUT2D eigenvalue weighted by Crippen LogP contribution is 2.46. The summed E-state index contributed by atoms with van der Waals surface area (Å²) in [5, 5.41) is -0.0762. The molecule has 64 heavy (non-hydrogen) atoms. The van der Waals surface area contributed by atoms with Crippen molar-refractivity contribution < 1.29 is 27.5 Å². The zero-order chi connectivity index (χ0) is 45.4. The number of piperazine rings is 2. The number of rotatable bonds is 16. The largest absolute Gasteiger partial charge is 0.487 e. The average Bonchev–Trinajstić information content (AvgIpc) is 3.30. The molecule has 14 heteroatoms. The molecule has 0 radical (unpaired) electrons. The summed E-state index contributed by atoms with van der Waals surface area (Å²) in [6.07, 6.45) is 7.60. The number of halogens is 1. The van der Waals surface area contributed by atoms with Crippen molar-refractivity contribution in [3.05, 3.63) is 101 Å². The van der Waals surface area contributed by atoms with Crippen molar-refractivity contribution in [3.8, 4) is 5.75 Å². The summed E-state index contributed by atoms with van der Waals surface area (Å²) in [6.45, 7) is 17.4. The topological polar surface area (TPSA) is 112 Å². The van der Waals surface area contributed by atoms with Crippen LogP contribution in [0.2, 0.25) is 5.02 Å². The maximum atomic E-state index is 13.8. The Morgan fingerprint density at radius 3 is 2.55 bits per heavy atom. The summed E-state index contributed by atoms with van der Waals surface area (Å²) < 4.78 is 42.2. The maximum absolute atomic E-state index is 13.8. The van der Waals surface area contributed by atoms with E-state index in [2.05, 4.69) is 50.0 Å². The number of methoxy groups -OCH3 is 1. The zero-order valence-electron chi connectivity index (χ0n) is 38.2. The third kappa shape index (κ3) is 11.9. The SMILES string of the molecule is C=CC[C@H](C)[C@@H](C)S(=O)(=O)NC(=O)c1ccc2c(c1)N(C[C@@H]1CC[C@H]1[C@@](C)(CN1CCN3CCN(C(=O)CCSc4ccccc4)C[C@@H]3C1)OC)CCCCc1cc(Cl)ccc1CO2. The van der Waals surface area contributed by atoms with Crippen LogP contribution in [0.25, 0.3) is 0 Å². The minimum atomic E-state index is -3.95. The van der Waals surface area contributed by atoms with Gasteiger partial charge in [-0.2, -0.15) is 0 Å². The van der Waals surface area contributed by atoms with Crippen LogP contribution in [-0.2, 0) is 32.6 Å². The fourth-order valence-corrected chi connectivity index (χ4v) is 12.4. The second kappa shape index (κ2) is 21.8. The summed E-state index contributed by atoms with van der Waals surface area (Å²) in [4.78, 5) is 37.9. The summed E-state index contributed by atoms with van der Waals surface area (Å²) in [5.41, 5.74) is 2.90. The molecule has 1 N–H and O–H groups in total. The van der Waals surface area contributed by atoms with E-state index >= 15 is 0 Å². The van der Waals surface area contributed by atoms with Crippen molar-refractivity contribution in [2.45, 2.75) is 94.1 Å². The molecule has 0 bridgehead atoms. The highest BCUT2D eigenvalue weighted by Gasteiger charge is 2.47. The number of carbonyl (C=O) groups is 2. The third-order valence-corrected chi connectivity index (χ3v) is 17.6. The van der Waals surface area contributed by atoms with Crippen LogP contribution in [0.4, 0.5) is 5.69 Å². The number of hydrogen-bond donors (Lipinski definition) is 1. The maximum Gasteiger partial charge on any atom is 0.264 e.